The van der Waals surface area contributed by atoms with Crippen molar-refractivity contribution >= 4 is 5.69 Å². The molecule has 1 aromatic rings. The highest BCUT2D eigenvalue weighted by molar-refractivity contribution is 5.54. The molecule has 0 aliphatic carbocycles. The Hall–Kier alpha value is -1.10. The Bertz CT molecular complexity index is 341. The number of aliphatic hydroxyl groups is 2. The molecule has 0 radical (unpaired) electrons. The fourth-order valence-electron chi connectivity index (χ4n) is 1.85. The van der Waals surface area contributed by atoms with E-state index in [-0.39, 0.29) is 13.2 Å². The van der Waals surface area contributed by atoms with E-state index in [1.165, 1.54) is 0 Å². The average molecular weight is 239 g/mol. The zero-order valence-corrected chi connectivity index (χ0v) is 10.5. The van der Waals surface area contributed by atoms with E-state index < -0.39 is 0 Å². The summed E-state index contributed by atoms with van der Waals surface area (Å²) in [5.41, 5.74) is 3.08. The van der Waals surface area contributed by atoms with Crippen LogP contribution in [-0.2, 0) is 11.3 Å². The number of hydrogen-bond acceptors (Lipinski definition) is 4. The molecular weight excluding hydrogens is 218 g/mol. The van der Waals surface area contributed by atoms with Crippen molar-refractivity contribution in [2.24, 2.45) is 0 Å². The number of anilines is 1. The van der Waals surface area contributed by atoms with Gasteiger partial charge in [0, 0.05) is 25.9 Å². The highest BCUT2D eigenvalue weighted by Crippen LogP contribution is 2.21. The second-order valence-corrected chi connectivity index (χ2v) is 3.98. The molecule has 4 nitrogen and oxygen atoms in total. The van der Waals surface area contributed by atoms with Crippen LogP contribution in [0.2, 0.25) is 0 Å². The Labute approximate surface area is 102 Å². The monoisotopic (exact) mass is 239 g/mol. The fraction of sp³-hybridized carbons (Fsp3) is 0.538. The van der Waals surface area contributed by atoms with Crippen molar-refractivity contribution in [1.82, 2.24) is 0 Å². The summed E-state index contributed by atoms with van der Waals surface area (Å²) >= 11 is 0. The van der Waals surface area contributed by atoms with Crippen LogP contribution in [0.3, 0.4) is 0 Å². The quantitative estimate of drug-likeness (QED) is 0.743. The summed E-state index contributed by atoms with van der Waals surface area (Å²) in [5, 5.41) is 18.1. The van der Waals surface area contributed by atoms with E-state index in [4.69, 9.17) is 14.9 Å². The largest absolute Gasteiger partial charge is 0.395 e. The van der Waals surface area contributed by atoms with E-state index >= 15 is 0 Å². The van der Waals surface area contributed by atoms with Gasteiger partial charge in [0.1, 0.15) is 0 Å². The summed E-state index contributed by atoms with van der Waals surface area (Å²) in [7, 11) is 1.67. The number of aryl methyl sites for hydroxylation is 1. The predicted octanol–water partition coefficient (Wildman–Crippen LogP) is 0.932. The number of ether oxygens (including phenoxy) is 1. The molecule has 2 N–H and O–H groups in total. The normalized spacial score (nSPS) is 10.6. The molecule has 96 valence electrons. The van der Waals surface area contributed by atoms with E-state index in [0.717, 1.165) is 23.4 Å². The maximum atomic E-state index is 9.07. The highest BCUT2D eigenvalue weighted by atomic mass is 16.5. The summed E-state index contributed by atoms with van der Waals surface area (Å²) < 4.78 is 5.06. The molecule has 0 unspecified atom stereocenters. The van der Waals surface area contributed by atoms with Gasteiger partial charge in [-0.2, -0.15) is 0 Å². The first-order valence-electron chi connectivity index (χ1n) is 5.78. The molecule has 0 saturated carbocycles. The number of methoxy groups -OCH3 is 1. The third-order valence-electron chi connectivity index (χ3n) is 2.72. The Balaban J connectivity index is 2.85. The van der Waals surface area contributed by atoms with Crippen molar-refractivity contribution < 1.29 is 14.9 Å². The Morgan fingerprint density at radius 1 is 1.24 bits per heavy atom. The predicted molar refractivity (Wildman–Crippen MR) is 68.3 cm³/mol. The zero-order chi connectivity index (χ0) is 12.7. The van der Waals surface area contributed by atoms with Crippen molar-refractivity contribution in [3.05, 3.63) is 29.3 Å². The number of benzene rings is 1. The Morgan fingerprint density at radius 2 is 2.00 bits per heavy atom. The topological polar surface area (TPSA) is 52.9 Å². The van der Waals surface area contributed by atoms with Gasteiger partial charge in [0.25, 0.3) is 0 Å². The van der Waals surface area contributed by atoms with Gasteiger partial charge in [-0.25, -0.2) is 0 Å². The first-order chi connectivity index (χ1) is 8.22. The third kappa shape index (κ3) is 4.00. The third-order valence-corrected chi connectivity index (χ3v) is 2.72. The second kappa shape index (κ2) is 7.27. The molecule has 1 aromatic carbocycles. The van der Waals surface area contributed by atoms with Crippen LogP contribution in [0.15, 0.2) is 18.2 Å². The number of rotatable bonds is 7. The molecular formula is C13H21NO3. The van der Waals surface area contributed by atoms with E-state index in [1.807, 2.05) is 25.1 Å². The van der Waals surface area contributed by atoms with Crippen molar-refractivity contribution in [2.75, 3.05) is 38.3 Å². The molecule has 0 aliphatic rings. The summed E-state index contributed by atoms with van der Waals surface area (Å²) in [5.74, 6) is 0. The van der Waals surface area contributed by atoms with Crippen molar-refractivity contribution in [3.8, 4) is 0 Å². The Morgan fingerprint density at radius 3 is 2.53 bits per heavy atom. The SMILES string of the molecule is COCCN(CCO)c1ccc(CO)cc1C. The summed E-state index contributed by atoms with van der Waals surface area (Å²) in [4.78, 5) is 2.08. The van der Waals surface area contributed by atoms with Crippen LogP contribution in [0.1, 0.15) is 11.1 Å². The fourth-order valence-corrected chi connectivity index (χ4v) is 1.85. The van der Waals surface area contributed by atoms with Crippen molar-refractivity contribution in [2.45, 2.75) is 13.5 Å². The molecule has 17 heavy (non-hydrogen) atoms. The molecule has 0 spiro atoms. The van der Waals surface area contributed by atoms with E-state index in [2.05, 4.69) is 4.90 Å². The van der Waals surface area contributed by atoms with Crippen molar-refractivity contribution in [1.29, 1.82) is 0 Å². The van der Waals surface area contributed by atoms with Gasteiger partial charge in [-0.3, -0.25) is 0 Å². The minimum Gasteiger partial charge on any atom is -0.395 e. The van der Waals surface area contributed by atoms with Crippen LogP contribution in [0.5, 0.6) is 0 Å². The lowest BCUT2D eigenvalue weighted by Crippen LogP contribution is -2.30. The van der Waals surface area contributed by atoms with E-state index in [9.17, 15) is 0 Å². The number of aliphatic hydroxyl groups excluding tert-OH is 2. The molecule has 0 heterocycles. The van der Waals surface area contributed by atoms with Crippen LogP contribution < -0.4 is 4.90 Å². The molecule has 0 bridgehead atoms. The van der Waals surface area contributed by atoms with Crippen LogP contribution in [0, 0.1) is 6.92 Å². The molecule has 0 saturated heterocycles. The molecule has 4 heteroatoms. The maximum absolute atomic E-state index is 9.07. The first-order valence-corrected chi connectivity index (χ1v) is 5.78. The summed E-state index contributed by atoms with van der Waals surface area (Å²) in [6, 6.07) is 5.85. The summed E-state index contributed by atoms with van der Waals surface area (Å²) in [6.07, 6.45) is 0. The average Bonchev–Trinajstić information content (AvgIpc) is 2.34. The second-order valence-electron chi connectivity index (χ2n) is 3.98. The van der Waals surface area contributed by atoms with Crippen molar-refractivity contribution in [3.63, 3.8) is 0 Å². The molecule has 0 aliphatic heterocycles. The van der Waals surface area contributed by atoms with E-state index in [0.29, 0.717) is 13.2 Å². The van der Waals surface area contributed by atoms with Gasteiger partial charge in [0.05, 0.1) is 19.8 Å². The lowest BCUT2D eigenvalue weighted by atomic mass is 10.1. The molecule has 1 rings (SSSR count). The van der Waals surface area contributed by atoms with Crippen LogP contribution in [0.25, 0.3) is 0 Å². The Kier molecular flexibility index (Phi) is 5.97. The van der Waals surface area contributed by atoms with Gasteiger partial charge >= 0.3 is 0 Å². The minimum atomic E-state index is 0.0548. The maximum Gasteiger partial charge on any atom is 0.0681 e. The standard InChI is InChI=1S/C13H21NO3/c1-11-9-12(10-16)3-4-13(11)14(5-7-15)6-8-17-2/h3-4,9,15-16H,5-8,10H2,1-2H3. The zero-order valence-electron chi connectivity index (χ0n) is 10.5. The lowest BCUT2D eigenvalue weighted by Gasteiger charge is -2.25. The van der Waals surface area contributed by atoms with Crippen LogP contribution in [0.4, 0.5) is 5.69 Å². The highest BCUT2D eigenvalue weighted by Gasteiger charge is 2.08. The molecule has 0 fully saturated rings. The molecule has 0 atom stereocenters. The van der Waals surface area contributed by atoms with E-state index in [1.54, 1.807) is 7.11 Å². The first kappa shape index (κ1) is 14.0. The summed E-state index contributed by atoms with van der Waals surface area (Å²) in [6.45, 7) is 4.13. The molecule has 0 aromatic heterocycles. The lowest BCUT2D eigenvalue weighted by molar-refractivity contribution is 0.203. The van der Waals surface area contributed by atoms with Gasteiger partial charge in [-0.1, -0.05) is 12.1 Å². The van der Waals surface area contributed by atoms with Gasteiger partial charge in [-0.15, -0.1) is 0 Å². The minimum absolute atomic E-state index is 0.0548. The smallest absolute Gasteiger partial charge is 0.0681 e. The van der Waals surface area contributed by atoms with Gasteiger partial charge in [0.15, 0.2) is 0 Å². The number of hydrogen-bond donors (Lipinski definition) is 2. The van der Waals surface area contributed by atoms with Crippen LogP contribution in [-0.4, -0.2) is 43.6 Å². The van der Waals surface area contributed by atoms with Gasteiger partial charge in [0.2, 0.25) is 0 Å². The number of nitrogens with zero attached hydrogens (tertiary/aromatic N) is 1. The van der Waals surface area contributed by atoms with Crippen LogP contribution >= 0.6 is 0 Å². The molecule has 0 amide bonds. The van der Waals surface area contributed by atoms with Gasteiger partial charge in [-0.05, 0) is 24.1 Å². The van der Waals surface area contributed by atoms with Gasteiger partial charge < -0.3 is 19.8 Å².